The highest BCUT2D eigenvalue weighted by molar-refractivity contribution is 5.40. The Hall–Kier alpha value is -1.36. The maximum Gasteiger partial charge on any atom is 0.218 e. The Morgan fingerprint density at radius 3 is 3.00 bits per heavy atom. The fraction of sp³-hybridized carbons (Fsp3) is 0.733. The highest BCUT2D eigenvalue weighted by Crippen LogP contribution is 2.19. The van der Waals surface area contributed by atoms with E-state index in [2.05, 4.69) is 34.0 Å². The average molecular weight is 278 g/mol. The van der Waals surface area contributed by atoms with Crippen LogP contribution < -0.4 is 15.0 Å². The quantitative estimate of drug-likeness (QED) is 0.827. The predicted octanol–water partition coefficient (Wildman–Crippen LogP) is 2.09. The zero-order chi connectivity index (χ0) is 14.2. The van der Waals surface area contributed by atoms with E-state index >= 15 is 0 Å². The lowest BCUT2D eigenvalue weighted by molar-refractivity contribution is 0.304. The predicted molar refractivity (Wildman–Crippen MR) is 81.3 cm³/mol. The summed E-state index contributed by atoms with van der Waals surface area (Å²) in [4.78, 5) is 10.9. The summed E-state index contributed by atoms with van der Waals surface area (Å²) in [6, 6.07) is 1.95. The van der Waals surface area contributed by atoms with Crippen LogP contribution in [0.15, 0.2) is 12.4 Å². The Kier molecular flexibility index (Phi) is 6.05. The van der Waals surface area contributed by atoms with Gasteiger partial charge < -0.3 is 15.0 Å². The Balaban J connectivity index is 1.98. The first-order chi connectivity index (χ1) is 9.83. The van der Waals surface area contributed by atoms with Gasteiger partial charge in [-0.2, -0.15) is 0 Å². The van der Waals surface area contributed by atoms with Crippen LogP contribution in [0.3, 0.4) is 0 Å². The first-order valence-corrected chi connectivity index (χ1v) is 7.74. The van der Waals surface area contributed by atoms with Gasteiger partial charge in [0.15, 0.2) is 0 Å². The minimum Gasteiger partial charge on any atom is -0.478 e. The number of nitrogens with zero attached hydrogens (tertiary/aromatic N) is 3. The molecule has 0 bridgehead atoms. The van der Waals surface area contributed by atoms with E-state index in [1.807, 2.05) is 6.07 Å². The number of ether oxygens (including phenoxy) is 1. The molecule has 5 nitrogen and oxygen atoms in total. The summed E-state index contributed by atoms with van der Waals surface area (Å²) < 4.78 is 5.59. The molecule has 0 aliphatic carbocycles. The molecular weight excluding hydrogens is 252 g/mol. The van der Waals surface area contributed by atoms with Crippen LogP contribution in [0.2, 0.25) is 0 Å². The maximum absolute atomic E-state index is 5.59. The van der Waals surface area contributed by atoms with E-state index in [9.17, 15) is 0 Å². The van der Waals surface area contributed by atoms with Gasteiger partial charge in [-0.15, -0.1) is 0 Å². The fourth-order valence-corrected chi connectivity index (χ4v) is 2.56. The van der Waals surface area contributed by atoms with Crippen LogP contribution in [0, 0.1) is 5.92 Å². The smallest absolute Gasteiger partial charge is 0.218 e. The fourth-order valence-electron chi connectivity index (χ4n) is 2.56. The van der Waals surface area contributed by atoms with Crippen LogP contribution in [-0.4, -0.2) is 42.8 Å². The van der Waals surface area contributed by atoms with Gasteiger partial charge in [-0.25, -0.2) is 9.97 Å². The van der Waals surface area contributed by atoms with E-state index in [1.165, 1.54) is 12.8 Å². The van der Waals surface area contributed by atoms with Crippen LogP contribution in [0.25, 0.3) is 0 Å². The number of nitrogens with one attached hydrogen (secondary N) is 1. The second kappa shape index (κ2) is 8.04. The molecule has 1 atom stereocenters. The molecule has 20 heavy (non-hydrogen) atoms. The van der Waals surface area contributed by atoms with Gasteiger partial charge in [0.2, 0.25) is 5.88 Å². The molecule has 0 saturated carbocycles. The molecule has 1 unspecified atom stereocenters. The minimum absolute atomic E-state index is 0.678. The number of hydrogen-bond acceptors (Lipinski definition) is 5. The lowest BCUT2D eigenvalue weighted by Crippen LogP contribution is -2.38. The Morgan fingerprint density at radius 1 is 1.40 bits per heavy atom. The molecule has 1 fully saturated rings. The van der Waals surface area contributed by atoms with Crippen molar-refractivity contribution in [3.05, 3.63) is 12.4 Å². The first kappa shape index (κ1) is 15.0. The molecule has 0 radical (unpaired) electrons. The van der Waals surface area contributed by atoms with Crippen molar-refractivity contribution in [2.75, 3.05) is 37.7 Å². The van der Waals surface area contributed by atoms with Gasteiger partial charge in [0, 0.05) is 19.2 Å². The largest absolute Gasteiger partial charge is 0.478 e. The van der Waals surface area contributed by atoms with E-state index in [-0.39, 0.29) is 0 Å². The molecule has 112 valence electrons. The molecule has 1 N–H and O–H groups in total. The Morgan fingerprint density at radius 2 is 2.30 bits per heavy atom. The van der Waals surface area contributed by atoms with E-state index in [0.717, 1.165) is 38.4 Å². The van der Waals surface area contributed by atoms with E-state index < -0.39 is 0 Å². The summed E-state index contributed by atoms with van der Waals surface area (Å²) in [7, 11) is 0. The molecule has 1 aromatic rings. The van der Waals surface area contributed by atoms with Gasteiger partial charge in [-0.1, -0.05) is 6.92 Å². The third kappa shape index (κ3) is 4.34. The number of hydrogen-bond donors (Lipinski definition) is 1. The molecule has 0 amide bonds. The maximum atomic E-state index is 5.59. The van der Waals surface area contributed by atoms with E-state index in [1.54, 1.807) is 6.33 Å². The second-order valence-electron chi connectivity index (χ2n) is 5.31. The van der Waals surface area contributed by atoms with Gasteiger partial charge in [0.25, 0.3) is 0 Å². The number of rotatable bonds is 7. The number of anilines is 1. The van der Waals surface area contributed by atoms with Crippen molar-refractivity contribution in [3.63, 3.8) is 0 Å². The zero-order valence-electron chi connectivity index (χ0n) is 12.6. The third-order valence-electron chi connectivity index (χ3n) is 3.66. The number of piperidine rings is 1. The summed E-state index contributed by atoms with van der Waals surface area (Å²) in [5.74, 6) is 2.36. The second-order valence-corrected chi connectivity index (χ2v) is 5.31. The van der Waals surface area contributed by atoms with Crippen LogP contribution in [0.1, 0.15) is 33.1 Å². The summed E-state index contributed by atoms with van der Waals surface area (Å²) in [6.07, 6.45) is 5.16. The van der Waals surface area contributed by atoms with Crippen LogP contribution >= 0.6 is 0 Å². The van der Waals surface area contributed by atoms with Crippen molar-refractivity contribution < 1.29 is 4.74 Å². The zero-order valence-corrected chi connectivity index (χ0v) is 12.6. The molecule has 0 spiro atoms. The van der Waals surface area contributed by atoms with Crippen molar-refractivity contribution in [2.45, 2.75) is 33.1 Å². The highest BCUT2D eigenvalue weighted by atomic mass is 16.5. The standard InChI is InChI=1S/C15H26N4O/c1-3-8-20-15-9-14(17-12-18-15)19(4-2)11-13-6-5-7-16-10-13/h9,12-13,16H,3-8,10-11H2,1-2H3. The number of aromatic nitrogens is 2. The van der Waals surface area contributed by atoms with Gasteiger partial charge in [0.05, 0.1) is 6.61 Å². The van der Waals surface area contributed by atoms with Crippen molar-refractivity contribution in [2.24, 2.45) is 5.92 Å². The van der Waals surface area contributed by atoms with Crippen LogP contribution in [0.4, 0.5) is 5.82 Å². The first-order valence-electron chi connectivity index (χ1n) is 7.74. The summed E-state index contributed by atoms with van der Waals surface area (Å²) >= 11 is 0. The Labute approximate surface area is 121 Å². The molecule has 1 aromatic heterocycles. The monoisotopic (exact) mass is 278 g/mol. The average Bonchev–Trinajstić information content (AvgIpc) is 2.52. The molecular formula is C15H26N4O. The summed E-state index contributed by atoms with van der Waals surface area (Å²) in [5.41, 5.74) is 0. The Bertz CT molecular complexity index is 393. The van der Waals surface area contributed by atoms with Crippen LogP contribution in [-0.2, 0) is 0 Å². The van der Waals surface area contributed by atoms with Gasteiger partial charge in [-0.3, -0.25) is 0 Å². The highest BCUT2D eigenvalue weighted by Gasteiger charge is 2.17. The molecule has 0 aromatic carbocycles. The molecule has 5 heteroatoms. The normalized spacial score (nSPS) is 18.8. The topological polar surface area (TPSA) is 50.3 Å². The van der Waals surface area contributed by atoms with E-state index in [4.69, 9.17) is 4.74 Å². The van der Waals surface area contributed by atoms with Crippen molar-refractivity contribution in [3.8, 4) is 5.88 Å². The van der Waals surface area contributed by atoms with Gasteiger partial charge >= 0.3 is 0 Å². The molecule has 1 aliphatic heterocycles. The summed E-state index contributed by atoms with van der Waals surface area (Å²) in [6.45, 7) is 9.25. The van der Waals surface area contributed by atoms with Crippen molar-refractivity contribution in [1.82, 2.24) is 15.3 Å². The van der Waals surface area contributed by atoms with Crippen molar-refractivity contribution in [1.29, 1.82) is 0 Å². The third-order valence-corrected chi connectivity index (χ3v) is 3.66. The van der Waals surface area contributed by atoms with Gasteiger partial charge in [0.1, 0.15) is 12.1 Å². The molecule has 1 aliphatic rings. The lowest BCUT2D eigenvalue weighted by atomic mass is 9.99. The molecule has 2 heterocycles. The summed E-state index contributed by atoms with van der Waals surface area (Å²) in [5, 5.41) is 3.47. The van der Waals surface area contributed by atoms with E-state index in [0.29, 0.717) is 18.4 Å². The molecule has 1 saturated heterocycles. The van der Waals surface area contributed by atoms with Crippen molar-refractivity contribution >= 4 is 5.82 Å². The SMILES string of the molecule is CCCOc1cc(N(CC)CC2CCCNC2)ncn1. The lowest BCUT2D eigenvalue weighted by Gasteiger charge is -2.30. The molecule has 2 rings (SSSR count). The minimum atomic E-state index is 0.678. The van der Waals surface area contributed by atoms with Crippen LogP contribution in [0.5, 0.6) is 5.88 Å². The van der Waals surface area contributed by atoms with Gasteiger partial charge in [-0.05, 0) is 45.2 Å².